The van der Waals surface area contributed by atoms with Crippen LogP contribution in [-0.4, -0.2) is 17.6 Å². The van der Waals surface area contributed by atoms with Gasteiger partial charge < -0.3 is 16.2 Å². The Balaban J connectivity index is 2.74. The Morgan fingerprint density at radius 2 is 2.11 bits per heavy atom. The molecule has 0 radical (unpaired) electrons. The van der Waals surface area contributed by atoms with Crippen molar-refractivity contribution in [2.45, 2.75) is 27.2 Å². The van der Waals surface area contributed by atoms with Crippen LogP contribution in [0.3, 0.4) is 0 Å². The molecule has 0 fully saturated rings. The van der Waals surface area contributed by atoms with Crippen molar-refractivity contribution >= 4 is 11.6 Å². The largest absolute Gasteiger partial charge is 0.505 e. The summed E-state index contributed by atoms with van der Waals surface area (Å²) in [6, 6.07) is 3.73. The summed E-state index contributed by atoms with van der Waals surface area (Å²) in [5.41, 5.74) is 5.91. The van der Waals surface area contributed by atoms with E-state index in [0.29, 0.717) is 12.1 Å². The number of anilines is 1. The van der Waals surface area contributed by atoms with Gasteiger partial charge in [0.25, 0.3) is 0 Å². The number of halogens is 1. The van der Waals surface area contributed by atoms with E-state index in [1.54, 1.807) is 0 Å². The highest BCUT2D eigenvalue weighted by molar-refractivity contribution is 5.92. The zero-order valence-electron chi connectivity index (χ0n) is 11.5. The maximum Gasteiger partial charge on any atom is 0.228 e. The van der Waals surface area contributed by atoms with Gasteiger partial charge in [0.05, 0.1) is 5.92 Å². The minimum absolute atomic E-state index is 0.0123. The van der Waals surface area contributed by atoms with Crippen molar-refractivity contribution in [3.8, 4) is 5.75 Å². The van der Waals surface area contributed by atoms with Crippen LogP contribution in [-0.2, 0) is 4.79 Å². The van der Waals surface area contributed by atoms with E-state index >= 15 is 0 Å². The molecule has 0 aliphatic carbocycles. The summed E-state index contributed by atoms with van der Waals surface area (Å²) >= 11 is 0. The van der Waals surface area contributed by atoms with Gasteiger partial charge in [0.15, 0.2) is 11.6 Å². The number of phenols is 1. The van der Waals surface area contributed by atoms with E-state index in [0.717, 1.165) is 6.07 Å². The topological polar surface area (TPSA) is 75.4 Å². The van der Waals surface area contributed by atoms with Gasteiger partial charge >= 0.3 is 0 Å². The highest BCUT2D eigenvalue weighted by Gasteiger charge is 2.23. The average Bonchev–Trinajstić information content (AvgIpc) is 2.29. The van der Waals surface area contributed by atoms with Crippen LogP contribution in [0.2, 0.25) is 0 Å². The molecule has 106 valence electrons. The molecule has 0 aliphatic rings. The van der Waals surface area contributed by atoms with Crippen LogP contribution < -0.4 is 11.1 Å². The van der Waals surface area contributed by atoms with Crippen molar-refractivity contribution in [1.82, 2.24) is 0 Å². The molecule has 1 unspecified atom stereocenters. The number of hydrogen-bond donors (Lipinski definition) is 3. The zero-order valence-corrected chi connectivity index (χ0v) is 11.5. The van der Waals surface area contributed by atoms with Crippen molar-refractivity contribution in [3.63, 3.8) is 0 Å². The fraction of sp³-hybridized carbons (Fsp3) is 0.500. The molecule has 0 saturated heterocycles. The Bertz CT molecular complexity index is 455. The Hall–Kier alpha value is -1.62. The first-order chi connectivity index (χ1) is 8.73. The Labute approximate surface area is 112 Å². The number of phenolic OH excluding ortho intramolecular Hbond substituents is 1. The number of amides is 1. The van der Waals surface area contributed by atoms with E-state index in [1.165, 1.54) is 12.1 Å². The predicted molar refractivity (Wildman–Crippen MR) is 73.3 cm³/mol. The lowest BCUT2D eigenvalue weighted by Crippen LogP contribution is -2.32. The van der Waals surface area contributed by atoms with Crippen LogP contribution in [0.1, 0.15) is 27.2 Å². The summed E-state index contributed by atoms with van der Waals surface area (Å²) in [7, 11) is 0. The number of carbonyl (C=O) groups is 1. The number of hydrogen-bond acceptors (Lipinski definition) is 3. The summed E-state index contributed by atoms with van der Waals surface area (Å²) in [5.74, 6) is -1.76. The normalized spacial score (nSPS) is 13.1. The summed E-state index contributed by atoms with van der Waals surface area (Å²) in [6.45, 7) is 6.33. The van der Waals surface area contributed by atoms with E-state index < -0.39 is 11.6 Å². The standard InChI is InChI=1S/C14H21FN2O2/c1-14(2,3)7-9(8-16)13(19)17-10-4-5-12(18)11(15)6-10/h4-6,9,18H,7-8,16H2,1-3H3,(H,17,19). The molecule has 0 aromatic heterocycles. The number of benzene rings is 1. The fourth-order valence-corrected chi connectivity index (χ4v) is 1.85. The molecule has 1 atom stereocenters. The van der Waals surface area contributed by atoms with Gasteiger partial charge in [-0.05, 0) is 24.0 Å². The molecular formula is C14H21FN2O2. The SMILES string of the molecule is CC(C)(C)CC(CN)C(=O)Nc1ccc(O)c(F)c1. The van der Waals surface area contributed by atoms with Crippen molar-refractivity contribution in [2.75, 3.05) is 11.9 Å². The third-order valence-electron chi connectivity index (χ3n) is 2.73. The van der Waals surface area contributed by atoms with Gasteiger partial charge in [-0.25, -0.2) is 4.39 Å². The molecule has 1 aromatic carbocycles. The first kappa shape index (κ1) is 15.4. The molecule has 19 heavy (non-hydrogen) atoms. The van der Waals surface area contributed by atoms with Crippen LogP contribution in [0.5, 0.6) is 5.75 Å². The molecule has 0 bridgehead atoms. The second-order valence-corrected chi connectivity index (χ2v) is 5.85. The van der Waals surface area contributed by atoms with Gasteiger partial charge in [0.1, 0.15) is 0 Å². The third kappa shape index (κ3) is 4.87. The minimum atomic E-state index is -0.766. The molecular weight excluding hydrogens is 247 g/mol. The molecule has 1 aromatic rings. The maximum absolute atomic E-state index is 13.2. The predicted octanol–water partition coefficient (Wildman–Crippen LogP) is 2.48. The Kier molecular flexibility index (Phi) is 4.89. The number of nitrogens with one attached hydrogen (secondary N) is 1. The summed E-state index contributed by atoms with van der Waals surface area (Å²) in [4.78, 5) is 12.0. The number of aromatic hydroxyl groups is 1. The van der Waals surface area contributed by atoms with Crippen LogP contribution >= 0.6 is 0 Å². The lowest BCUT2D eigenvalue weighted by molar-refractivity contribution is -0.120. The maximum atomic E-state index is 13.2. The molecule has 4 nitrogen and oxygen atoms in total. The van der Waals surface area contributed by atoms with Crippen LogP contribution in [0.15, 0.2) is 18.2 Å². The van der Waals surface area contributed by atoms with Crippen molar-refractivity contribution < 1.29 is 14.3 Å². The molecule has 0 saturated carbocycles. The van der Waals surface area contributed by atoms with Gasteiger partial charge in [0.2, 0.25) is 5.91 Å². The Morgan fingerprint density at radius 3 is 2.58 bits per heavy atom. The lowest BCUT2D eigenvalue weighted by atomic mass is 9.84. The first-order valence-corrected chi connectivity index (χ1v) is 6.22. The summed E-state index contributed by atoms with van der Waals surface area (Å²) in [6.07, 6.45) is 0.649. The van der Waals surface area contributed by atoms with Crippen LogP contribution in [0.4, 0.5) is 10.1 Å². The van der Waals surface area contributed by atoms with E-state index in [1.807, 2.05) is 20.8 Å². The van der Waals surface area contributed by atoms with E-state index in [9.17, 15) is 9.18 Å². The number of rotatable bonds is 4. The zero-order chi connectivity index (χ0) is 14.6. The lowest BCUT2D eigenvalue weighted by Gasteiger charge is -2.24. The fourth-order valence-electron chi connectivity index (χ4n) is 1.85. The number of carbonyl (C=O) groups excluding carboxylic acids is 1. The van der Waals surface area contributed by atoms with Crippen molar-refractivity contribution in [1.29, 1.82) is 0 Å². The van der Waals surface area contributed by atoms with Crippen LogP contribution in [0, 0.1) is 17.2 Å². The molecule has 1 amide bonds. The van der Waals surface area contributed by atoms with E-state index in [4.69, 9.17) is 10.8 Å². The smallest absolute Gasteiger partial charge is 0.228 e. The van der Waals surface area contributed by atoms with Gasteiger partial charge in [-0.15, -0.1) is 0 Å². The second kappa shape index (κ2) is 6.02. The monoisotopic (exact) mass is 268 g/mol. The summed E-state index contributed by atoms with van der Waals surface area (Å²) < 4.78 is 13.2. The molecule has 0 heterocycles. The van der Waals surface area contributed by atoms with Crippen LogP contribution in [0.25, 0.3) is 0 Å². The first-order valence-electron chi connectivity index (χ1n) is 6.22. The molecule has 5 heteroatoms. The van der Waals surface area contributed by atoms with Gasteiger partial charge in [-0.3, -0.25) is 4.79 Å². The Morgan fingerprint density at radius 1 is 1.47 bits per heavy atom. The van der Waals surface area contributed by atoms with Crippen molar-refractivity contribution in [2.24, 2.45) is 17.1 Å². The van der Waals surface area contributed by atoms with E-state index in [-0.39, 0.29) is 23.8 Å². The minimum Gasteiger partial charge on any atom is -0.505 e. The quantitative estimate of drug-likeness (QED) is 0.734. The highest BCUT2D eigenvalue weighted by atomic mass is 19.1. The van der Waals surface area contributed by atoms with Crippen molar-refractivity contribution in [3.05, 3.63) is 24.0 Å². The highest BCUT2D eigenvalue weighted by Crippen LogP contribution is 2.25. The van der Waals surface area contributed by atoms with E-state index in [2.05, 4.69) is 5.32 Å². The van der Waals surface area contributed by atoms with Gasteiger partial charge in [-0.1, -0.05) is 20.8 Å². The molecule has 1 rings (SSSR count). The third-order valence-corrected chi connectivity index (χ3v) is 2.73. The summed E-state index contributed by atoms with van der Waals surface area (Å²) in [5, 5.41) is 11.7. The molecule has 0 spiro atoms. The molecule has 0 aliphatic heterocycles. The van der Waals surface area contributed by atoms with Gasteiger partial charge in [0, 0.05) is 18.3 Å². The average molecular weight is 268 g/mol. The number of nitrogens with two attached hydrogens (primary N) is 1. The molecule has 4 N–H and O–H groups in total. The van der Waals surface area contributed by atoms with Gasteiger partial charge in [-0.2, -0.15) is 0 Å². The second-order valence-electron chi connectivity index (χ2n) is 5.85.